The monoisotopic (exact) mass is 338 g/mol. The van der Waals surface area contributed by atoms with E-state index >= 15 is 0 Å². The van der Waals surface area contributed by atoms with Crippen molar-refractivity contribution in [1.29, 1.82) is 0 Å². The second-order valence-corrected chi connectivity index (χ2v) is 7.67. The molecule has 1 saturated heterocycles. The molecule has 1 aliphatic rings. The maximum Gasteiger partial charge on any atom is 0.407 e. The summed E-state index contributed by atoms with van der Waals surface area (Å²) in [6.07, 6.45) is 3.38. The van der Waals surface area contributed by atoms with Crippen LogP contribution in [0.4, 0.5) is 10.6 Å². The lowest BCUT2D eigenvalue weighted by molar-refractivity contribution is 0.0494. The maximum absolute atomic E-state index is 11.9. The minimum Gasteiger partial charge on any atom is -0.444 e. The second kappa shape index (κ2) is 7.38. The van der Waals surface area contributed by atoms with E-state index in [1.165, 1.54) is 0 Å². The van der Waals surface area contributed by atoms with Crippen molar-refractivity contribution in [2.45, 2.75) is 63.2 Å². The highest BCUT2D eigenvalue weighted by Gasteiger charge is 2.28. The van der Waals surface area contributed by atoms with Crippen LogP contribution in [0, 0.1) is 0 Å². The van der Waals surface area contributed by atoms with E-state index < -0.39 is 5.60 Å². The molecule has 1 aromatic rings. The Morgan fingerprint density at radius 1 is 1.39 bits per heavy atom. The van der Waals surface area contributed by atoms with Crippen molar-refractivity contribution in [3.63, 3.8) is 0 Å². The standard InChI is InChI=1S/C16H26N4O2S/c1-11-10-12(17-15(21)22-16(2,3)4)8-9-20(11)13-6-7-14(23-5)19-18-13/h6-7,11-12H,8-10H2,1-5H3,(H,17,21). The van der Waals surface area contributed by atoms with E-state index in [9.17, 15) is 4.79 Å². The smallest absolute Gasteiger partial charge is 0.407 e. The summed E-state index contributed by atoms with van der Waals surface area (Å²) in [4.78, 5) is 14.1. The van der Waals surface area contributed by atoms with Crippen LogP contribution >= 0.6 is 11.8 Å². The molecule has 1 fully saturated rings. The Balaban J connectivity index is 1.90. The van der Waals surface area contributed by atoms with Gasteiger partial charge in [0.05, 0.1) is 0 Å². The molecule has 0 spiro atoms. The van der Waals surface area contributed by atoms with E-state index in [0.29, 0.717) is 0 Å². The van der Waals surface area contributed by atoms with Gasteiger partial charge in [0.15, 0.2) is 5.82 Å². The summed E-state index contributed by atoms with van der Waals surface area (Å²) in [7, 11) is 0. The first kappa shape index (κ1) is 17.8. The number of aromatic nitrogens is 2. The van der Waals surface area contributed by atoms with Gasteiger partial charge in [0.1, 0.15) is 10.6 Å². The van der Waals surface area contributed by atoms with Crippen molar-refractivity contribution in [3.8, 4) is 0 Å². The van der Waals surface area contributed by atoms with Crippen LogP contribution in [0.15, 0.2) is 17.2 Å². The molecule has 0 aromatic carbocycles. The minimum atomic E-state index is -0.467. The zero-order chi connectivity index (χ0) is 17.0. The molecule has 1 amide bonds. The average Bonchev–Trinajstić information content (AvgIpc) is 2.45. The first-order chi connectivity index (χ1) is 10.8. The van der Waals surface area contributed by atoms with Gasteiger partial charge < -0.3 is 15.0 Å². The maximum atomic E-state index is 11.9. The molecule has 23 heavy (non-hydrogen) atoms. The van der Waals surface area contributed by atoms with E-state index in [-0.39, 0.29) is 18.2 Å². The summed E-state index contributed by atoms with van der Waals surface area (Å²) in [5.41, 5.74) is -0.467. The Bertz CT molecular complexity index is 530. The number of anilines is 1. The molecule has 0 bridgehead atoms. The van der Waals surface area contributed by atoms with Crippen LogP contribution in [0.3, 0.4) is 0 Å². The van der Waals surface area contributed by atoms with Gasteiger partial charge in [-0.2, -0.15) is 0 Å². The molecule has 0 aliphatic carbocycles. The predicted molar refractivity (Wildman–Crippen MR) is 93.0 cm³/mol. The third-order valence-electron chi connectivity index (χ3n) is 3.73. The summed E-state index contributed by atoms with van der Waals surface area (Å²) in [5, 5.41) is 12.4. The van der Waals surface area contributed by atoms with E-state index in [1.54, 1.807) is 11.8 Å². The Kier molecular flexibility index (Phi) is 5.73. The van der Waals surface area contributed by atoms with Crippen LogP contribution in [0.1, 0.15) is 40.5 Å². The fourth-order valence-corrected chi connectivity index (χ4v) is 3.02. The topological polar surface area (TPSA) is 67.4 Å². The molecule has 2 atom stereocenters. The molecule has 2 heterocycles. The molecule has 7 heteroatoms. The van der Waals surface area contributed by atoms with E-state index in [1.807, 2.05) is 39.2 Å². The number of piperidine rings is 1. The second-order valence-electron chi connectivity index (χ2n) is 6.84. The number of nitrogens with one attached hydrogen (secondary N) is 1. The minimum absolute atomic E-state index is 0.134. The van der Waals surface area contributed by atoms with Crippen molar-refractivity contribution >= 4 is 23.7 Å². The van der Waals surface area contributed by atoms with Crippen molar-refractivity contribution in [1.82, 2.24) is 15.5 Å². The summed E-state index contributed by atoms with van der Waals surface area (Å²) in [6, 6.07) is 4.43. The number of alkyl carbamates (subject to hydrolysis) is 1. The number of hydrogen-bond donors (Lipinski definition) is 1. The highest BCUT2D eigenvalue weighted by molar-refractivity contribution is 7.98. The van der Waals surface area contributed by atoms with Crippen molar-refractivity contribution in [3.05, 3.63) is 12.1 Å². The Morgan fingerprint density at radius 3 is 2.65 bits per heavy atom. The lowest BCUT2D eigenvalue weighted by Gasteiger charge is -2.38. The lowest BCUT2D eigenvalue weighted by atomic mass is 9.98. The summed E-state index contributed by atoms with van der Waals surface area (Å²) in [5.74, 6) is 0.894. The van der Waals surface area contributed by atoms with Crippen molar-refractivity contribution in [2.75, 3.05) is 17.7 Å². The number of amides is 1. The molecule has 6 nitrogen and oxygen atoms in total. The van der Waals surface area contributed by atoms with Gasteiger partial charge in [-0.3, -0.25) is 0 Å². The van der Waals surface area contributed by atoms with E-state index in [2.05, 4.69) is 27.3 Å². The molecule has 2 unspecified atom stereocenters. The lowest BCUT2D eigenvalue weighted by Crippen LogP contribution is -2.50. The van der Waals surface area contributed by atoms with Gasteiger partial charge in [0.25, 0.3) is 0 Å². The van der Waals surface area contributed by atoms with Crippen molar-refractivity contribution < 1.29 is 9.53 Å². The quantitative estimate of drug-likeness (QED) is 0.854. The van der Waals surface area contributed by atoms with Crippen LogP contribution in [0.25, 0.3) is 0 Å². The molecule has 0 radical (unpaired) electrons. The van der Waals surface area contributed by atoms with Gasteiger partial charge in [-0.05, 0) is 58.9 Å². The first-order valence-corrected chi connectivity index (χ1v) is 9.15. The number of ether oxygens (including phenoxy) is 1. The van der Waals surface area contributed by atoms with Crippen LogP contribution in [0.5, 0.6) is 0 Å². The largest absolute Gasteiger partial charge is 0.444 e. The third kappa shape index (κ3) is 5.27. The van der Waals surface area contributed by atoms with E-state index in [4.69, 9.17) is 4.74 Å². The molecule has 128 valence electrons. The van der Waals surface area contributed by atoms with Crippen molar-refractivity contribution in [2.24, 2.45) is 0 Å². The average molecular weight is 338 g/mol. The molecule has 1 aromatic heterocycles. The zero-order valence-corrected chi connectivity index (χ0v) is 15.3. The number of nitrogens with zero attached hydrogens (tertiary/aromatic N) is 3. The van der Waals surface area contributed by atoms with Crippen LogP contribution in [-0.4, -0.2) is 46.8 Å². The van der Waals surface area contributed by atoms with Gasteiger partial charge in [-0.15, -0.1) is 22.0 Å². The fraction of sp³-hybridized carbons (Fsp3) is 0.688. The molecular weight excluding hydrogens is 312 g/mol. The van der Waals surface area contributed by atoms with Gasteiger partial charge in [0, 0.05) is 18.6 Å². The Hall–Kier alpha value is -1.50. The molecular formula is C16H26N4O2S. The summed E-state index contributed by atoms with van der Waals surface area (Å²) in [6.45, 7) is 8.60. The predicted octanol–water partition coefficient (Wildman–Crippen LogP) is 3.08. The summed E-state index contributed by atoms with van der Waals surface area (Å²) < 4.78 is 5.32. The number of carbonyl (C=O) groups is 1. The normalized spacial score (nSPS) is 21.9. The van der Waals surface area contributed by atoms with Crippen LogP contribution < -0.4 is 10.2 Å². The molecule has 1 N–H and O–H groups in total. The Morgan fingerprint density at radius 2 is 2.13 bits per heavy atom. The van der Waals surface area contributed by atoms with Crippen LogP contribution in [0.2, 0.25) is 0 Å². The molecule has 2 rings (SSSR count). The number of hydrogen-bond acceptors (Lipinski definition) is 6. The van der Waals surface area contributed by atoms with Gasteiger partial charge in [0.2, 0.25) is 0 Å². The number of thioether (sulfide) groups is 1. The fourth-order valence-electron chi connectivity index (χ4n) is 2.69. The highest BCUT2D eigenvalue weighted by atomic mass is 32.2. The van der Waals surface area contributed by atoms with Gasteiger partial charge in [-0.25, -0.2) is 4.79 Å². The highest BCUT2D eigenvalue weighted by Crippen LogP contribution is 2.24. The zero-order valence-electron chi connectivity index (χ0n) is 14.5. The first-order valence-electron chi connectivity index (χ1n) is 7.92. The number of carbonyl (C=O) groups excluding carboxylic acids is 1. The molecule has 1 aliphatic heterocycles. The third-order valence-corrected chi connectivity index (χ3v) is 4.36. The van der Waals surface area contributed by atoms with Gasteiger partial charge >= 0.3 is 6.09 Å². The van der Waals surface area contributed by atoms with Gasteiger partial charge in [-0.1, -0.05) is 0 Å². The molecule has 0 saturated carbocycles. The Labute approximate surface area is 142 Å². The summed E-state index contributed by atoms with van der Waals surface area (Å²) >= 11 is 1.58. The van der Waals surface area contributed by atoms with Crippen LogP contribution in [-0.2, 0) is 4.74 Å². The van der Waals surface area contributed by atoms with E-state index in [0.717, 1.165) is 30.2 Å². The number of rotatable bonds is 3. The SMILES string of the molecule is CSc1ccc(N2CCC(NC(=O)OC(C)(C)C)CC2C)nn1.